The maximum Gasteiger partial charge on any atom is 0.257 e. The largest absolute Gasteiger partial charge is 0.322 e. The van der Waals surface area contributed by atoms with Crippen LogP contribution in [0.3, 0.4) is 0 Å². The van der Waals surface area contributed by atoms with Crippen LogP contribution in [0, 0.1) is 11.3 Å². The number of nitriles is 1. The Bertz CT molecular complexity index is 904. The summed E-state index contributed by atoms with van der Waals surface area (Å²) in [7, 11) is -3.74. The van der Waals surface area contributed by atoms with E-state index in [0.717, 1.165) is 19.3 Å². The molecule has 2 N–H and O–H groups in total. The molecule has 1 rings (SSSR count). The molecule has 0 heterocycles. The number of carbonyl (C=O) groups is 1. The fourth-order valence-electron chi connectivity index (χ4n) is 3.99. The van der Waals surface area contributed by atoms with Crippen LogP contribution in [0.1, 0.15) is 110 Å². The van der Waals surface area contributed by atoms with Crippen LogP contribution in [0.4, 0.5) is 5.69 Å². The van der Waals surface area contributed by atoms with Gasteiger partial charge >= 0.3 is 0 Å². The van der Waals surface area contributed by atoms with E-state index in [1.165, 1.54) is 102 Å². The Hall–Kier alpha value is -1.33. The van der Waals surface area contributed by atoms with E-state index in [4.69, 9.17) is 28.5 Å². The van der Waals surface area contributed by atoms with Crippen molar-refractivity contribution >= 4 is 44.8 Å². The van der Waals surface area contributed by atoms with Crippen molar-refractivity contribution in [2.24, 2.45) is 0 Å². The molecule has 0 radical (unpaired) electrons. The van der Waals surface area contributed by atoms with Gasteiger partial charge in [-0.2, -0.15) is 5.26 Å². The number of unbranched alkanes of at least 4 members (excludes halogenated alkanes) is 15. The Balaban J connectivity index is 2.14. The Kier molecular flexibility index (Phi) is 17.9. The van der Waals surface area contributed by atoms with Gasteiger partial charge in [-0.05, 0) is 24.6 Å². The van der Waals surface area contributed by atoms with Crippen molar-refractivity contribution in [3.63, 3.8) is 0 Å². The highest BCUT2D eigenvalue weighted by molar-refractivity contribution is 7.89. The molecule has 0 saturated carbocycles. The second-order valence-corrected chi connectivity index (χ2v) is 11.9. The van der Waals surface area contributed by atoms with Crippen LogP contribution in [0.5, 0.6) is 0 Å². The molecule has 0 aliphatic rings. The summed E-state index contributed by atoms with van der Waals surface area (Å²) in [5, 5.41) is 9.87. The van der Waals surface area contributed by atoms with E-state index in [0.29, 0.717) is 6.54 Å². The smallest absolute Gasteiger partial charge is 0.257 e. The summed E-state index contributed by atoms with van der Waals surface area (Å²) >= 11 is 11.6. The minimum atomic E-state index is -3.74. The summed E-state index contributed by atoms with van der Waals surface area (Å²) in [4.78, 5) is 11.8. The van der Waals surface area contributed by atoms with Crippen molar-refractivity contribution in [1.82, 2.24) is 4.72 Å². The predicted molar refractivity (Wildman–Crippen MR) is 150 cm³/mol. The van der Waals surface area contributed by atoms with Crippen LogP contribution < -0.4 is 10.0 Å². The molecule has 6 nitrogen and oxygen atoms in total. The first kappa shape index (κ1) is 32.7. The minimum absolute atomic E-state index is 0.0122. The summed E-state index contributed by atoms with van der Waals surface area (Å²) in [6, 6.07) is 5.62. The van der Waals surface area contributed by atoms with Crippen molar-refractivity contribution in [1.29, 1.82) is 5.26 Å². The highest BCUT2D eigenvalue weighted by Crippen LogP contribution is 2.26. The zero-order chi connectivity index (χ0) is 26.7. The summed E-state index contributed by atoms with van der Waals surface area (Å²) < 4.78 is 27.8. The Morgan fingerprint density at radius 1 is 0.889 bits per heavy atom. The van der Waals surface area contributed by atoms with Crippen LogP contribution in [0.25, 0.3) is 0 Å². The van der Waals surface area contributed by atoms with Gasteiger partial charge in [0, 0.05) is 6.54 Å². The van der Waals surface area contributed by atoms with E-state index in [1.807, 2.05) is 0 Å². The number of nitrogens with one attached hydrogen (secondary N) is 2. The lowest BCUT2D eigenvalue weighted by Crippen LogP contribution is -2.25. The lowest BCUT2D eigenvalue weighted by atomic mass is 10.0. The van der Waals surface area contributed by atoms with Gasteiger partial charge in [-0.15, -0.1) is 0 Å². The van der Waals surface area contributed by atoms with Gasteiger partial charge in [-0.1, -0.05) is 126 Å². The fourth-order valence-corrected chi connectivity index (χ4v) is 5.30. The molecule has 204 valence electrons. The average molecular weight is 561 g/mol. The zero-order valence-electron chi connectivity index (χ0n) is 21.7. The number of hydrogen-bond donors (Lipinski definition) is 2. The molecule has 1 unspecified atom stereocenters. The number of carbonyl (C=O) groups excluding carboxylic acids is 1. The van der Waals surface area contributed by atoms with Gasteiger partial charge in [-0.3, -0.25) is 4.79 Å². The highest BCUT2D eigenvalue weighted by Gasteiger charge is 2.19. The van der Waals surface area contributed by atoms with Gasteiger partial charge in [0.2, 0.25) is 10.0 Å². The molecule has 0 fully saturated rings. The highest BCUT2D eigenvalue weighted by atomic mass is 35.5. The van der Waals surface area contributed by atoms with E-state index in [9.17, 15) is 13.2 Å². The van der Waals surface area contributed by atoms with Gasteiger partial charge in [0.15, 0.2) is 5.38 Å². The molecule has 0 aliphatic heterocycles. The van der Waals surface area contributed by atoms with Crippen LogP contribution in [-0.4, -0.2) is 26.2 Å². The second kappa shape index (κ2) is 19.7. The van der Waals surface area contributed by atoms with Gasteiger partial charge in [-0.25, -0.2) is 13.1 Å². The Morgan fingerprint density at radius 2 is 1.36 bits per heavy atom. The molecule has 1 aromatic rings. The lowest BCUT2D eigenvalue weighted by Gasteiger charge is -2.11. The molecule has 1 amide bonds. The van der Waals surface area contributed by atoms with Crippen molar-refractivity contribution in [2.45, 2.75) is 120 Å². The first-order chi connectivity index (χ1) is 17.3. The maximum absolute atomic E-state index is 12.6. The second-order valence-electron chi connectivity index (χ2n) is 9.32. The summed E-state index contributed by atoms with van der Waals surface area (Å²) in [6.07, 6.45) is 20.3. The molecule has 36 heavy (non-hydrogen) atoms. The predicted octanol–water partition coefficient (Wildman–Crippen LogP) is 7.95. The van der Waals surface area contributed by atoms with E-state index in [2.05, 4.69) is 17.0 Å². The maximum atomic E-state index is 12.6. The third kappa shape index (κ3) is 14.4. The van der Waals surface area contributed by atoms with Gasteiger partial charge in [0.05, 0.1) is 21.7 Å². The zero-order valence-corrected chi connectivity index (χ0v) is 24.0. The molecule has 0 aliphatic carbocycles. The van der Waals surface area contributed by atoms with Gasteiger partial charge in [0.25, 0.3) is 5.91 Å². The monoisotopic (exact) mass is 559 g/mol. The molecular formula is C27H43Cl2N3O3S. The Morgan fingerprint density at radius 3 is 1.83 bits per heavy atom. The number of nitrogens with zero attached hydrogens (tertiary/aromatic N) is 1. The number of alkyl halides is 1. The summed E-state index contributed by atoms with van der Waals surface area (Å²) in [5.74, 6) is -0.767. The van der Waals surface area contributed by atoms with Crippen molar-refractivity contribution < 1.29 is 13.2 Å². The number of benzene rings is 1. The number of hydrogen-bond acceptors (Lipinski definition) is 4. The molecule has 0 bridgehead atoms. The molecule has 9 heteroatoms. The van der Waals surface area contributed by atoms with Crippen molar-refractivity contribution in [3.8, 4) is 6.07 Å². The van der Waals surface area contributed by atoms with Crippen LogP contribution in [0.2, 0.25) is 5.02 Å². The van der Waals surface area contributed by atoms with Crippen molar-refractivity contribution in [3.05, 3.63) is 23.2 Å². The van der Waals surface area contributed by atoms with Gasteiger partial charge in [0.1, 0.15) is 0 Å². The number of amides is 1. The molecule has 1 aromatic carbocycles. The van der Waals surface area contributed by atoms with Crippen LogP contribution in [-0.2, 0) is 14.8 Å². The quantitative estimate of drug-likeness (QED) is 0.118. The first-order valence-corrected chi connectivity index (χ1v) is 15.8. The number of rotatable bonds is 21. The molecular weight excluding hydrogens is 517 g/mol. The molecule has 0 aromatic heterocycles. The number of anilines is 1. The number of halogens is 2. The summed E-state index contributed by atoms with van der Waals surface area (Å²) in [5.41, 5.74) is 0.0906. The van der Waals surface area contributed by atoms with E-state index >= 15 is 0 Å². The third-order valence-corrected chi connectivity index (χ3v) is 8.26. The van der Waals surface area contributed by atoms with E-state index in [1.54, 1.807) is 6.07 Å². The van der Waals surface area contributed by atoms with Crippen molar-refractivity contribution in [2.75, 3.05) is 11.9 Å². The Labute approximate surface area is 228 Å². The van der Waals surface area contributed by atoms with Crippen LogP contribution in [0.15, 0.2) is 23.1 Å². The van der Waals surface area contributed by atoms with E-state index < -0.39 is 21.3 Å². The summed E-state index contributed by atoms with van der Waals surface area (Å²) in [6.45, 7) is 2.61. The number of sulfonamides is 1. The topological polar surface area (TPSA) is 99.1 Å². The first-order valence-electron chi connectivity index (χ1n) is 13.5. The fraction of sp³-hybridized carbons (Fsp3) is 0.704. The van der Waals surface area contributed by atoms with E-state index in [-0.39, 0.29) is 15.6 Å². The normalized spacial score (nSPS) is 12.3. The average Bonchev–Trinajstić information content (AvgIpc) is 2.86. The SMILES string of the molecule is CCCCCCCCCCCCCCCCCCNS(=O)(=O)c1ccc(Cl)c(NC(=O)C(Cl)C#N)c1. The lowest BCUT2D eigenvalue weighted by molar-refractivity contribution is -0.115. The third-order valence-electron chi connectivity index (χ3n) is 6.17. The van der Waals surface area contributed by atoms with Crippen LogP contribution >= 0.6 is 23.2 Å². The van der Waals surface area contributed by atoms with Gasteiger partial charge < -0.3 is 5.32 Å². The minimum Gasteiger partial charge on any atom is -0.322 e. The molecule has 0 spiro atoms. The standard InChI is InChI=1S/C27H43Cl2N3O3S/c1-2-3-4-5-6-7-8-9-10-11-12-13-14-15-16-17-20-31-36(34,35)23-18-19-24(28)26(21-23)32-27(33)25(29)22-30/h18-19,21,25,31H,2-17,20H2,1H3,(H,32,33). The molecule has 0 saturated heterocycles. The molecule has 1 atom stereocenters.